The van der Waals surface area contributed by atoms with Crippen LogP contribution in [0.1, 0.15) is 35.4 Å². The summed E-state index contributed by atoms with van der Waals surface area (Å²) in [6.45, 7) is 1.13. The predicted octanol–water partition coefficient (Wildman–Crippen LogP) is 3.94. The minimum absolute atomic E-state index is 0.0131. The molecule has 2 aromatic carbocycles. The molecule has 0 saturated heterocycles. The molecule has 0 saturated carbocycles. The van der Waals surface area contributed by atoms with E-state index in [1.54, 1.807) is 18.5 Å². The van der Waals surface area contributed by atoms with Gasteiger partial charge in [-0.25, -0.2) is 0 Å². The van der Waals surface area contributed by atoms with Crippen LogP contribution in [0.3, 0.4) is 0 Å². The molecule has 0 atom stereocenters. The summed E-state index contributed by atoms with van der Waals surface area (Å²) in [5.41, 5.74) is 2.82. The maximum atomic E-state index is 12.9. The normalized spacial score (nSPS) is 10.9. The van der Waals surface area contributed by atoms with Gasteiger partial charge in [0.15, 0.2) is 0 Å². The molecule has 1 aromatic heterocycles. The first-order chi connectivity index (χ1) is 15.2. The Morgan fingerprint density at radius 1 is 0.806 bits per heavy atom. The second kappa shape index (κ2) is 12.1. The number of pyridine rings is 1. The Hall–Kier alpha value is -3.73. The van der Waals surface area contributed by atoms with Crippen molar-refractivity contribution in [2.75, 3.05) is 13.1 Å². The van der Waals surface area contributed by atoms with Crippen LogP contribution in [0, 0.1) is 0 Å². The van der Waals surface area contributed by atoms with E-state index >= 15 is 0 Å². The largest absolute Gasteiger partial charge is 0.355 e. The van der Waals surface area contributed by atoms with Gasteiger partial charge in [0.05, 0.1) is 5.92 Å². The molecule has 2 amide bonds. The quantitative estimate of drug-likeness (QED) is 0.391. The first-order valence-corrected chi connectivity index (χ1v) is 10.5. The monoisotopic (exact) mass is 413 g/mol. The molecular weight excluding hydrogens is 386 g/mol. The van der Waals surface area contributed by atoms with Crippen LogP contribution in [0.25, 0.3) is 6.08 Å². The van der Waals surface area contributed by atoms with Gasteiger partial charge in [0.2, 0.25) is 11.8 Å². The van der Waals surface area contributed by atoms with Crippen LogP contribution in [0.4, 0.5) is 0 Å². The zero-order valence-corrected chi connectivity index (χ0v) is 17.4. The summed E-state index contributed by atoms with van der Waals surface area (Å²) in [4.78, 5) is 28.8. The Bertz CT molecular complexity index is 934. The van der Waals surface area contributed by atoms with Crippen LogP contribution in [0.15, 0.2) is 91.3 Å². The number of hydrogen-bond donors (Lipinski definition) is 2. The van der Waals surface area contributed by atoms with Gasteiger partial charge in [0.1, 0.15) is 0 Å². The number of rotatable bonds is 10. The molecular formula is C26H27N3O2. The second-order valence-corrected chi connectivity index (χ2v) is 7.16. The number of amides is 2. The standard InChI is InChI=1S/C26H27N3O2/c30-24(16-15-21-10-9-17-27-20-21)28-18-7-8-19-29-26(31)25(22-11-3-1-4-12-22)23-13-5-2-6-14-23/h1-6,9-17,20,25H,7-8,18-19H2,(H,28,30)(H,29,31)/b16-15+. The maximum absolute atomic E-state index is 12.9. The molecule has 31 heavy (non-hydrogen) atoms. The molecule has 0 unspecified atom stereocenters. The van der Waals surface area contributed by atoms with Crippen LogP contribution in [-0.2, 0) is 9.59 Å². The SMILES string of the molecule is O=C(/C=C/c1cccnc1)NCCCCNC(=O)C(c1ccccc1)c1ccccc1. The summed E-state index contributed by atoms with van der Waals surface area (Å²) in [6, 6.07) is 23.3. The third kappa shape index (κ3) is 7.23. The van der Waals surface area contributed by atoms with Gasteiger partial charge < -0.3 is 10.6 Å². The lowest BCUT2D eigenvalue weighted by Gasteiger charge is -2.18. The average Bonchev–Trinajstić information content (AvgIpc) is 2.82. The lowest BCUT2D eigenvalue weighted by atomic mass is 9.90. The van der Waals surface area contributed by atoms with Crippen LogP contribution < -0.4 is 10.6 Å². The summed E-state index contributed by atoms with van der Waals surface area (Å²) < 4.78 is 0. The van der Waals surface area contributed by atoms with Crippen molar-refractivity contribution in [3.8, 4) is 0 Å². The molecule has 0 aliphatic rings. The van der Waals surface area contributed by atoms with E-state index in [-0.39, 0.29) is 17.7 Å². The highest BCUT2D eigenvalue weighted by Gasteiger charge is 2.21. The average molecular weight is 414 g/mol. The molecule has 0 spiro atoms. The van der Waals surface area contributed by atoms with Gasteiger partial charge in [-0.15, -0.1) is 0 Å². The lowest BCUT2D eigenvalue weighted by Crippen LogP contribution is -2.31. The predicted molar refractivity (Wildman–Crippen MR) is 123 cm³/mol. The van der Waals surface area contributed by atoms with E-state index in [2.05, 4.69) is 15.6 Å². The van der Waals surface area contributed by atoms with Crippen LogP contribution in [0.2, 0.25) is 0 Å². The summed E-state index contributed by atoms with van der Waals surface area (Å²) in [7, 11) is 0. The Morgan fingerprint density at radius 2 is 1.42 bits per heavy atom. The zero-order valence-electron chi connectivity index (χ0n) is 17.4. The fourth-order valence-electron chi connectivity index (χ4n) is 3.27. The fraction of sp³-hybridized carbons (Fsp3) is 0.192. The van der Waals surface area contributed by atoms with E-state index in [1.165, 1.54) is 6.08 Å². The fourth-order valence-corrected chi connectivity index (χ4v) is 3.27. The number of aromatic nitrogens is 1. The molecule has 158 valence electrons. The smallest absolute Gasteiger partial charge is 0.243 e. The lowest BCUT2D eigenvalue weighted by molar-refractivity contribution is -0.121. The minimum Gasteiger partial charge on any atom is -0.355 e. The number of hydrogen-bond acceptors (Lipinski definition) is 3. The third-order valence-electron chi connectivity index (χ3n) is 4.84. The summed E-state index contributed by atoms with van der Waals surface area (Å²) >= 11 is 0. The summed E-state index contributed by atoms with van der Waals surface area (Å²) in [5, 5.41) is 5.90. The summed E-state index contributed by atoms with van der Waals surface area (Å²) in [5.74, 6) is -0.485. The van der Waals surface area contributed by atoms with Crippen molar-refractivity contribution in [3.63, 3.8) is 0 Å². The van der Waals surface area contributed by atoms with E-state index in [1.807, 2.05) is 72.8 Å². The first-order valence-electron chi connectivity index (χ1n) is 10.5. The number of carbonyl (C=O) groups excluding carboxylic acids is 2. The van der Waals surface area contributed by atoms with E-state index in [4.69, 9.17) is 0 Å². The van der Waals surface area contributed by atoms with Crippen LogP contribution >= 0.6 is 0 Å². The molecule has 0 bridgehead atoms. The molecule has 2 N–H and O–H groups in total. The molecule has 0 aliphatic heterocycles. The van der Waals surface area contributed by atoms with Crippen molar-refractivity contribution in [2.45, 2.75) is 18.8 Å². The number of nitrogens with one attached hydrogen (secondary N) is 2. The van der Waals surface area contributed by atoms with E-state index < -0.39 is 0 Å². The Labute approximate surface area is 183 Å². The highest BCUT2D eigenvalue weighted by molar-refractivity contribution is 5.91. The molecule has 5 nitrogen and oxygen atoms in total. The van der Waals surface area contributed by atoms with Crippen molar-refractivity contribution in [1.29, 1.82) is 0 Å². The highest BCUT2D eigenvalue weighted by atomic mass is 16.2. The molecule has 3 aromatic rings. The van der Waals surface area contributed by atoms with Crippen molar-refractivity contribution in [3.05, 3.63) is 108 Å². The van der Waals surface area contributed by atoms with Crippen molar-refractivity contribution in [1.82, 2.24) is 15.6 Å². The molecule has 1 heterocycles. The van der Waals surface area contributed by atoms with Gasteiger partial charge in [-0.05, 0) is 41.7 Å². The van der Waals surface area contributed by atoms with Crippen molar-refractivity contribution < 1.29 is 9.59 Å². The Balaban J connectivity index is 1.41. The third-order valence-corrected chi connectivity index (χ3v) is 4.84. The molecule has 3 rings (SSSR count). The van der Waals surface area contributed by atoms with E-state index in [9.17, 15) is 9.59 Å². The van der Waals surface area contributed by atoms with E-state index in [0.717, 1.165) is 29.5 Å². The van der Waals surface area contributed by atoms with Crippen molar-refractivity contribution in [2.24, 2.45) is 0 Å². The maximum Gasteiger partial charge on any atom is 0.243 e. The topological polar surface area (TPSA) is 71.1 Å². The number of carbonyl (C=O) groups is 2. The molecule has 0 radical (unpaired) electrons. The van der Waals surface area contributed by atoms with Crippen LogP contribution in [-0.4, -0.2) is 29.9 Å². The first kappa shape index (κ1) is 22.0. The van der Waals surface area contributed by atoms with E-state index in [0.29, 0.717) is 13.1 Å². The molecule has 5 heteroatoms. The number of benzene rings is 2. The molecule has 0 aliphatic carbocycles. The van der Waals surface area contributed by atoms with Crippen molar-refractivity contribution >= 4 is 17.9 Å². The van der Waals surface area contributed by atoms with Gasteiger partial charge >= 0.3 is 0 Å². The van der Waals surface area contributed by atoms with Crippen LogP contribution in [0.5, 0.6) is 0 Å². The summed E-state index contributed by atoms with van der Waals surface area (Å²) in [6.07, 6.45) is 8.20. The second-order valence-electron chi connectivity index (χ2n) is 7.16. The van der Waals surface area contributed by atoms with Gasteiger partial charge in [0.25, 0.3) is 0 Å². The molecule has 0 fully saturated rings. The minimum atomic E-state index is -0.334. The highest BCUT2D eigenvalue weighted by Crippen LogP contribution is 2.24. The van der Waals surface area contributed by atoms with Gasteiger partial charge in [0, 0.05) is 31.6 Å². The Morgan fingerprint density at radius 3 is 2.00 bits per heavy atom. The van der Waals surface area contributed by atoms with Gasteiger partial charge in [-0.3, -0.25) is 14.6 Å². The number of unbranched alkanes of at least 4 members (excludes halogenated alkanes) is 1. The number of nitrogens with zero attached hydrogens (tertiary/aromatic N) is 1. The Kier molecular flexibility index (Phi) is 8.56. The van der Waals surface area contributed by atoms with Gasteiger partial charge in [-0.1, -0.05) is 66.7 Å². The zero-order chi connectivity index (χ0) is 21.7. The van der Waals surface area contributed by atoms with Gasteiger partial charge in [-0.2, -0.15) is 0 Å².